The Hall–Kier alpha value is -4.42. The minimum absolute atomic E-state index is 0.00225. The zero-order valence-corrected chi connectivity index (χ0v) is 28.0. The van der Waals surface area contributed by atoms with E-state index in [2.05, 4.69) is 12.2 Å². The molecule has 2 N–H and O–H groups in total. The van der Waals surface area contributed by atoms with Gasteiger partial charge in [0.25, 0.3) is 0 Å². The Bertz CT molecular complexity index is 1720. The van der Waals surface area contributed by atoms with E-state index in [1.54, 1.807) is 57.4 Å². The van der Waals surface area contributed by atoms with Gasteiger partial charge in [0, 0.05) is 31.5 Å². The number of rotatable bonds is 10. The van der Waals surface area contributed by atoms with Gasteiger partial charge in [0.1, 0.15) is 5.76 Å². The summed E-state index contributed by atoms with van der Waals surface area (Å²) in [5, 5.41) is 15.1. The molecule has 1 unspecified atom stereocenters. The van der Waals surface area contributed by atoms with Crippen LogP contribution in [0.3, 0.4) is 0 Å². The van der Waals surface area contributed by atoms with Gasteiger partial charge in [-0.25, -0.2) is 9.59 Å². The van der Waals surface area contributed by atoms with Crippen molar-refractivity contribution in [2.75, 3.05) is 13.7 Å². The molecule has 1 saturated heterocycles. The largest absolute Gasteiger partial charge is 0.493 e. The predicted octanol–water partition coefficient (Wildman–Crippen LogP) is 3.72. The van der Waals surface area contributed by atoms with Crippen LogP contribution in [-0.2, 0) is 50.0 Å². The van der Waals surface area contributed by atoms with Gasteiger partial charge in [-0.3, -0.25) is 9.59 Å². The molecule has 5 aliphatic rings. The summed E-state index contributed by atoms with van der Waals surface area (Å²) in [4.78, 5) is 51.3. The summed E-state index contributed by atoms with van der Waals surface area (Å²) in [6, 6.07) is 12.4. The second-order valence-electron chi connectivity index (χ2n) is 14.1. The average molecular weight is 676 g/mol. The Kier molecular flexibility index (Phi) is 8.22. The number of nitrogens with one attached hydrogen (secondary N) is 1. The molecule has 1 spiro atoms. The first-order valence-corrected chi connectivity index (χ1v) is 16.8. The van der Waals surface area contributed by atoms with E-state index in [4.69, 9.17) is 28.4 Å². The Morgan fingerprint density at radius 1 is 1.12 bits per heavy atom. The van der Waals surface area contributed by atoms with Crippen molar-refractivity contribution >= 4 is 23.8 Å². The molecule has 1 saturated carbocycles. The minimum atomic E-state index is -1.41. The highest BCUT2D eigenvalue weighted by atomic mass is 16.8. The summed E-state index contributed by atoms with van der Waals surface area (Å²) in [6.45, 7) is 5.24. The number of amides is 1. The number of esters is 3. The number of benzene rings is 2. The normalized spacial score (nSPS) is 30.6. The van der Waals surface area contributed by atoms with Crippen molar-refractivity contribution in [3.8, 4) is 11.5 Å². The Morgan fingerprint density at radius 2 is 1.90 bits per heavy atom. The average Bonchev–Trinajstić information content (AvgIpc) is 3.55. The van der Waals surface area contributed by atoms with Crippen LogP contribution in [0.5, 0.6) is 11.5 Å². The summed E-state index contributed by atoms with van der Waals surface area (Å²) < 4.78 is 34.5. The summed E-state index contributed by atoms with van der Waals surface area (Å²) in [6.07, 6.45) is 0.505. The van der Waals surface area contributed by atoms with E-state index >= 15 is 0 Å². The zero-order valence-electron chi connectivity index (χ0n) is 28.0. The molecular weight excluding hydrogens is 634 g/mol. The molecule has 49 heavy (non-hydrogen) atoms. The molecule has 2 bridgehead atoms. The van der Waals surface area contributed by atoms with E-state index in [1.165, 1.54) is 0 Å². The maximum absolute atomic E-state index is 13.9. The number of ether oxygens (including phenoxy) is 6. The van der Waals surface area contributed by atoms with Crippen molar-refractivity contribution in [1.82, 2.24) is 5.32 Å². The lowest BCUT2D eigenvalue weighted by Gasteiger charge is -2.61. The summed E-state index contributed by atoms with van der Waals surface area (Å²) in [5.74, 6) is -2.15. The highest BCUT2D eigenvalue weighted by Crippen LogP contribution is 2.68. The van der Waals surface area contributed by atoms with Gasteiger partial charge in [0.15, 0.2) is 23.7 Å². The van der Waals surface area contributed by atoms with Crippen molar-refractivity contribution < 1.29 is 52.7 Å². The molecular formula is C37H41NO11. The molecule has 1 amide bonds. The predicted molar refractivity (Wildman–Crippen MR) is 171 cm³/mol. The second-order valence-corrected chi connectivity index (χ2v) is 14.1. The van der Waals surface area contributed by atoms with Gasteiger partial charge in [0.2, 0.25) is 17.8 Å². The molecule has 7 rings (SSSR count). The van der Waals surface area contributed by atoms with E-state index in [-0.39, 0.29) is 37.5 Å². The third-order valence-corrected chi connectivity index (χ3v) is 10.8. The van der Waals surface area contributed by atoms with Crippen LogP contribution >= 0.6 is 0 Å². The Labute approximate surface area is 284 Å². The van der Waals surface area contributed by atoms with E-state index in [0.29, 0.717) is 29.4 Å². The van der Waals surface area contributed by atoms with Crippen molar-refractivity contribution in [3.63, 3.8) is 0 Å². The number of aliphatic hydroxyl groups is 1. The van der Waals surface area contributed by atoms with E-state index < -0.39 is 58.9 Å². The SMILES string of the molecule is COc1ccc2c3c1O[C@H]1C(OC(=O)[C@H](OC(=O)CCNC(=O)C[C@@H]4OC(C)(C)OC4=O)c4ccccc4)=CC[C@@]4(O)[C@@H](C2)C(C)CC[C@]314. The summed E-state index contributed by atoms with van der Waals surface area (Å²) >= 11 is 0. The maximum atomic E-state index is 13.9. The fourth-order valence-corrected chi connectivity index (χ4v) is 8.60. The first-order chi connectivity index (χ1) is 23.4. The van der Waals surface area contributed by atoms with Crippen LogP contribution < -0.4 is 14.8 Å². The molecule has 0 aromatic heterocycles. The van der Waals surface area contributed by atoms with Gasteiger partial charge in [-0.1, -0.05) is 43.3 Å². The van der Waals surface area contributed by atoms with Crippen molar-refractivity contribution in [2.24, 2.45) is 11.8 Å². The highest BCUT2D eigenvalue weighted by molar-refractivity contribution is 5.86. The number of hydrogen-bond donors (Lipinski definition) is 2. The number of methoxy groups -OCH3 is 1. The molecule has 2 heterocycles. The molecule has 2 aromatic rings. The minimum Gasteiger partial charge on any atom is -0.493 e. The fourth-order valence-electron chi connectivity index (χ4n) is 8.60. The lowest BCUT2D eigenvalue weighted by atomic mass is 9.45. The van der Waals surface area contributed by atoms with Gasteiger partial charge in [-0.15, -0.1) is 0 Å². The van der Waals surface area contributed by atoms with Gasteiger partial charge in [-0.2, -0.15) is 0 Å². The van der Waals surface area contributed by atoms with Gasteiger partial charge >= 0.3 is 17.9 Å². The van der Waals surface area contributed by atoms with Crippen LogP contribution in [0.4, 0.5) is 0 Å². The van der Waals surface area contributed by atoms with Crippen LogP contribution in [0.2, 0.25) is 0 Å². The van der Waals surface area contributed by atoms with Crippen molar-refractivity contribution in [3.05, 3.63) is 71.0 Å². The number of carbonyl (C=O) groups is 4. The van der Waals surface area contributed by atoms with Crippen LogP contribution in [0.15, 0.2) is 54.3 Å². The monoisotopic (exact) mass is 675 g/mol. The lowest BCUT2D eigenvalue weighted by molar-refractivity contribution is -0.177. The van der Waals surface area contributed by atoms with Crippen LogP contribution in [0.25, 0.3) is 0 Å². The molecule has 3 aliphatic carbocycles. The first-order valence-electron chi connectivity index (χ1n) is 16.8. The quantitative estimate of drug-likeness (QED) is 0.280. The molecule has 2 aromatic carbocycles. The molecule has 260 valence electrons. The van der Waals surface area contributed by atoms with Crippen LogP contribution in [0.1, 0.15) is 75.7 Å². The van der Waals surface area contributed by atoms with Gasteiger partial charge in [-0.05, 0) is 55.2 Å². The molecule has 7 atom stereocenters. The lowest BCUT2D eigenvalue weighted by Crippen LogP contribution is -2.69. The molecule has 2 fully saturated rings. The highest BCUT2D eigenvalue weighted by Gasteiger charge is 2.72. The topological polar surface area (TPSA) is 156 Å². The van der Waals surface area contributed by atoms with Crippen LogP contribution in [-0.4, -0.2) is 66.2 Å². The Morgan fingerprint density at radius 3 is 2.61 bits per heavy atom. The standard InChI is InChI=1S/C37H41NO11/c1-20-12-15-36-29-22-10-11-24(44-4)31(29)47-32(36)25(13-16-37(36,43)23(20)18-22)45-34(42)30(21-8-6-5-7-9-21)46-28(40)14-17-38-27(39)19-26-33(41)49-35(2,3)48-26/h5-11,13,20,23,26,30,32,43H,12,14-19H2,1-4H3,(H,38,39)/t20?,23-,26-,30+,32-,36-,37+/m0/s1. The second kappa shape index (κ2) is 12.2. The molecule has 12 nitrogen and oxygen atoms in total. The Balaban J connectivity index is 1.07. The van der Waals surface area contributed by atoms with E-state index in [0.717, 1.165) is 24.0 Å². The molecule has 0 radical (unpaired) electrons. The van der Waals surface area contributed by atoms with Gasteiger partial charge in [0.05, 0.1) is 31.0 Å². The smallest absolute Gasteiger partial charge is 0.357 e. The number of cyclic esters (lactones) is 1. The maximum Gasteiger partial charge on any atom is 0.357 e. The first kappa shape index (κ1) is 33.1. The third-order valence-electron chi connectivity index (χ3n) is 10.8. The molecule has 2 aliphatic heterocycles. The summed E-state index contributed by atoms with van der Waals surface area (Å²) in [5.41, 5.74) is 0.497. The third kappa shape index (κ3) is 5.45. The van der Waals surface area contributed by atoms with E-state index in [1.807, 2.05) is 12.1 Å². The van der Waals surface area contributed by atoms with Crippen molar-refractivity contribution in [2.45, 2.75) is 94.4 Å². The molecule has 12 heteroatoms. The van der Waals surface area contributed by atoms with Crippen molar-refractivity contribution in [1.29, 1.82) is 0 Å². The summed E-state index contributed by atoms with van der Waals surface area (Å²) in [7, 11) is 1.57. The fraction of sp³-hybridized carbons (Fsp3) is 0.514. The van der Waals surface area contributed by atoms with Crippen LogP contribution in [0, 0.1) is 11.8 Å². The van der Waals surface area contributed by atoms with Gasteiger partial charge < -0.3 is 38.8 Å². The van der Waals surface area contributed by atoms with E-state index in [9.17, 15) is 24.3 Å². The zero-order chi connectivity index (χ0) is 34.7. The number of carbonyl (C=O) groups excluding carboxylic acids is 4. The number of hydrogen-bond acceptors (Lipinski definition) is 11.